The molecule has 0 unspecified atom stereocenters. The minimum Gasteiger partial charge on any atom is -0.292 e. The zero-order valence-electron chi connectivity index (χ0n) is 10.4. The molecule has 1 fully saturated rings. The second-order valence-corrected chi connectivity index (χ2v) is 4.63. The third kappa shape index (κ3) is 2.25. The zero-order chi connectivity index (χ0) is 13.4. The van der Waals surface area contributed by atoms with Crippen molar-refractivity contribution in [3.8, 4) is 0 Å². The van der Waals surface area contributed by atoms with Gasteiger partial charge in [-0.3, -0.25) is 19.9 Å². The molecule has 94 valence electrons. The van der Waals surface area contributed by atoms with Crippen molar-refractivity contribution in [1.29, 1.82) is 0 Å². The summed E-state index contributed by atoms with van der Waals surface area (Å²) in [5, 5.41) is 3.29. The summed E-state index contributed by atoms with van der Waals surface area (Å²) in [6, 6.07) is 9.73. The maximum absolute atomic E-state index is 11.5. The van der Waals surface area contributed by atoms with Crippen LogP contribution < -0.4 is 5.32 Å². The van der Waals surface area contributed by atoms with Gasteiger partial charge in [-0.25, -0.2) is 0 Å². The third-order valence-corrected chi connectivity index (χ3v) is 3.09. The van der Waals surface area contributed by atoms with Gasteiger partial charge in [0.05, 0.1) is 11.9 Å². The highest BCUT2D eigenvalue weighted by Crippen LogP contribution is 2.19. The molecule has 1 aliphatic heterocycles. The predicted octanol–water partition coefficient (Wildman–Crippen LogP) is 1.97. The Hall–Kier alpha value is -2.49. The lowest BCUT2D eigenvalue weighted by molar-refractivity contribution is -0.124. The second kappa shape index (κ2) is 4.31. The maximum atomic E-state index is 11.5. The number of nitrogens with one attached hydrogen (secondary N) is 1. The number of pyridine rings is 1. The molecule has 0 atom stereocenters. The van der Waals surface area contributed by atoms with Crippen LogP contribution in [0.3, 0.4) is 0 Å². The molecular weight excluding hydrogens is 240 g/mol. The Kier molecular flexibility index (Phi) is 2.63. The smallest absolute Gasteiger partial charge is 0.254 e. The monoisotopic (exact) mass is 252 g/mol. The number of carbonyl (C=O) groups is 2. The minimum atomic E-state index is -0.299. The van der Waals surface area contributed by atoms with Crippen molar-refractivity contribution in [2.75, 3.05) is 0 Å². The first kappa shape index (κ1) is 11.6. The average Bonchev–Trinajstić information content (AvgIpc) is 2.68. The van der Waals surface area contributed by atoms with Crippen LogP contribution in [-0.4, -0.2) is 16.8 Å². The maximum Gasteiger partial charge on any atom is 0.254 e. The van der Waals surface area contributed by atoms with E-state index in [2.05, 4.69) is 10.3 Å². The molecule has 0 saturated carbocycles. The van der Waals surface area contributed by atoms with Gasteiger partial charge < -0.3 is 0 Å². The van der Waals surface area contributed by atoms with Crippen LogP contribution in [0.5, 0.6) is 0 Å². The van der Waals surface area contributed by atoms with Gasteiger partial charge in [0.25, 0.3) is 5.91 Å². The number of hydrogen-bond acceptors (Lipinski definition) is 3. The average molecular weight is 252 g/mol. The van der Waals surface area contributed by atoms with E-state index < -0.39 is 0 Å². The normalized spacial score (nSPS) is 17.2. The van der Waals surface area contributed by atoms with Crippen LogP contribution in [0.25, 0.3) is 17.0 Å². The fraction of sp³-hybridized carbons (Fsp3) is 0.133. The van der Waals surface area contributed by atoms with Crippen LogP contribution in [0.15, 0.2) is 35.9 Å². The Bertz CT molecular complexity index is 732. The zero-order valence-corrected chi connectivity index (χ0v) is 10.4. The molecule has 2 amide bonds. The predicted molar refractivity (Wildman–Crippen MR) is 72.2 cm³/mol. The number of hydrogen-bond donors (Lipinski definition) is 1. The standard InChI is InChI=1S/C15H12N2O2/c1-9-2-4-11-6-10(3-5-13(11)16-9)7-12-8-14(18)17-15(12)19/h2-7H,8H2,1H3,(H,17,18,19)/b12-7-. The van der Waals surface area contributed by atoms with E-state index in [1.54, 1.807) is 6.08 Å². The molecule has 1 aliphatic rings. The highest BCUT2D eigenvalue weighted by atomic mass is 16.2. The highest BCUT2D eigenvalue weighted by molar-refractivity contribution is 6.15. The Morgan fingerprint density at radius 3 is 2.79 bits per heavy atom. The van der Waals surface area contributed by atoms with E-state index in [1.807, 2.05) is 37.3 Å². The van der Waals surface area contributed by atoms with Gasteiger partial charge in [0.15, 0.2) is 0 Å². The summed E-state index contributed by atoms with van der Waals surface area (Å²) in [4.78, 5) is 27.0. The van der Waals surface area contributed by atoms with Crippen LogP contribution >= 0.6 is 0 Å². The van der Waals surface area contributed by atoms with E-state index in [1.165, 1.54) is 0 Å². The Labute approximate surface area is 110 Å². The number of imide groups is 1. The molecule has 19 heavy (non-hydrogen) atoms. The molecule has 0 bridgehead atoms. The molecule has 1 N–H and O–H groups in total. The van der Waals surface area contributed by atoms with E-state index in [4.69, 9.17) is 0 Å². The summed E-state index contributed by atoms with van der Waals surface area (Å²) in [7, 11) is 0. The lowest BCUT2D eigenvalue weighted by Gasteiger charge is -2.01. The van der Waals surface area contributed by atoms with Crippen LogP contribution in [-0.2, 0) is 9.59 Å². The number of amides is 2. The summed E-state index contributed by atoms with van der Waals surface area (Å²) in [6.07, 6.45) is 1.91. The van der Waals surface area contributed by atoms with Gasteiger partial charge in [-0.15, -0.1) is 0 Å². The summed E-state index contributed by atoms with van der Waals surface area (Å²) in [5.41, 5.74) is 3.30. The Balaban J connectivity index is 2.02. The summed E-state index contributed by atoms with van der Waals surface area (Å²) in [5.74, 6) is -0.540. The number of carbonyl (C=O) groups excluding carboxylic acids is 2. The number of nitrogens with zero attached hydrogens (tertiary/aromatic N) is 1. The van der Waals surface area contributed by atoms with Gasteiger partial charge >= 0.3 is 0 Å². The topological polar surface area (TPSA) is 59.1 Å². The van der Waals surface area contributed by atoms with Crippen LogP contribution in [0.4, 0.5) is 0 Å². The van der Waals surface area contributed by atoms with Crippen molar-refractivity contribution in [2.45, 2.75) is 13.3 Å². The van der Waals surface area contributed by atoms with Gasteiger partial charge in [0, 0.05) is 16.7 Å². The summed E-state index contributed by atoms with van der Waals surface area (Å²) >= 11 is 0. The molecule has 0 aliphatic carbocycles. The molecule has 4 nitrogen and oxygen atoms in total. The van der Waals surface area contributed by atoms with E-state index in [0.717, 1.165) is 22.2 Å². The van der Waals surface area contributed by atoms with Gasteiger partial charge in [-0.2, -0.15) is 0 Å². The van der Waals surface area contributed by atoms with Crippen molar-refractivity contribution in [1.82, 2.24) is 10.3 Å². The lowest BCUT2D eigenvalue weighted by atomic mass is 10.1. The molecule has 4 heteroatoms. The molecule has 2 aromatic rings. The number of aryl methyl sites for hydroxylation is 1. The SMILES string of the molecule is Cc1ccc2cc(/C=C3/CC(=O)NC3=O)ccc2n1. The third-order valence-electron chi connectivity index (χ3n) is 3.09. The molecular formula is C15H12N2O2. The van der Waals surface area contributed by atoms with E-state index in [-0.39, 0.29) is 18.2 Å². The van der Waals surface area contributed by atoms with Crippen LogP contribution in [0.2, 0.25) is 0 Å². The highest BCUT2D eigenvalue weighted by Gasteiger charge is 2.23. The first-order valence-electron chi connectivity index (χ1n) is 6.04. The minimum absolute atomic E-state index is 0.156. The number of rotatable bonds is 1. The summed E-state index contributed by atoms with van der Waals surface area (Å²) < 4.78 is 0. The van der Waals surface area contributed by atoms with Crippen molar-refractivity contribution in [2.24, 2.45) is 0 Å². The number of fused-ring (bicyclic) bond motifs is 1. The molecule has 1 saturated heterocycles. The first-order valence-corrected chi connectivity index (χ1v) is 6.04. The van der Waals surface area contributed by atoms with Gasteiger partial charge in [-0.1, -0.05) is 12.1 Å². The largest absolute Gasteiger partial charge is 0.292 e. The molecule has 3 rings (SSSR count). The number of aromatic nitrogens is 1. The fourth-order valence-corrected chi connectivity index (χ4v) is 2.16. The van der Waals surface area contributed by atoms with Crippen LogP contribution in [0, 0.1) is 6.92 Å². The van der Waals surface area contributed by atoms with Crippen molar-refractivity contribution < 1.29 is 9.59 Å². The Morgan fingerprint density at radius 2 is 2.05 bits per heavy atom. The van der Waals surface area contributed by atoms with Crippen LogP contribution in [0.1, 0.15) is 17.7 Å². The molecule has 2 heterocycles. The first-order chi connectivity index (χ1) is 9.11. The van der Waals surface area contributed by atoms with Crippen molar-refractivity contribution in [3.63, 3.8) is 0 Å². The van der Waals surface area contributed by atoms with Gasteiger partial charge in [-0.05, 0) is 36.8 Å². The van der Waals surface area contributed by atoms with E-state index in [9.17, 15) is 9.59 Å². The van der Waals surface area contributed by atoms with E-state index in [0.29, 0.717) is 5.57 Å². The molecule has 1 aromatic carbocycles. The Morgan fingerprint density at radius 1 is 1.21 bits per heavy atom. The van der Waals surface area contributed by atoms with Crippen molar-refractivity contribution in [3.05, 3.63) is 47.2 Å². The number of benzene rings is 1. The second-order valence-electron chi connectivity index (χ2n) is 4.63. The summed E-state index contributed by atoms with van der Waals surface area (Å²) in [6.45, 7) is 1.95. The van der Waals surface area contributed by atoms with E-state index >= 15 is 0 Å². The fourth-order valence-electron chi connectivity index (χ4n) is 2.16. The van der Waals surface area contributed by atoms with Gasteiger partial charge in [0.2, 0.25) is 5.91 Å². The van der Waals surface area contributed by atoms with Gasteiger partial charge in [0.1, 0.15) is 0 Å². The molecule has 0 radical (unpaired) electrons. The molecule has 1 aromatic heterocycles. The molecule has 0 spiro atoms. The quantitative estimate of drug-likeness (QED) is 0.623. The lowest BCUT2D eigenvalue weighted by Crippen LogP contribution is -2.19. The van der Waals surface area contributed by atoms with Crippen molar-refractivity contribution >= 4 is 28.8 Å².